The lowest BCUT2D eigenvalue weighted by Crippen LogP contribution is -2.28. The van der Waals surface area contributed by atoms with Crippen LogP contribution >= 0.6 is 23.1 Å². The highest BCUT2D eigenvalue weighted by Crippen LogP contribution is 2.26. The van der Waals surface area contributed by atoms with Gasteiger partial charge in [0, 0.05) is 29.2 Å². The van der Waals surface area contributed by atoms with Gasteiger partial charge in [-0.05, 0) is 44.8 Å². The molecule has 3 heterocycles. The van der Waals surface area contributed by atoms with Crippen molar-refractivity contribution in [2.45, 2.75) is 45.6 Å². The summed E-state index contributed by atoms with van der Waals surface area (Å²) in [7, 11) is 0. The Morgan fingerprint density at radius 2 is 2.27 bits per heavy atom. The first kappa shape index (κ1) is 15.8. The molecular weight excluding hydrogens is 320 g/mol. The van der Waals surface area contributed by atoms with Crippen LogP contribution in [0.25, 0.3) is 0 Å². The largest absolute Gasteiger partial charge is 0.348 e. The Morgan fingerprint density at radius 1 is 1.41 bits per heavy atom. The SMILES string of the molecule is Cc1nsc(N(CC[C@H]2COC(C)(C)O2)Cc2ccns2)n1. The Kier molecular flexibility index (Phi) is 4.72. The molecular formula is C14H20N4O2S2. The predicted octanol–water partition coefficient (Wildman–Crippen LogP) is 2.85. The van der Waals surface area contributed by atoms with Crippen LogP contribution in [0.15, 0.2) is 12.3 Å². The highest BCUT2D eigenvalue weighted by molar-refractivity contribution is 7.09. The fourth-order valence-corrected chi connectivity index (χ4v) is 3.67. The Bertz CT molecular complexity index is 600. The zero-order valence-electron chi connectivity index (χ0n) is 13.0. The first-order chi connectivity index (χ1) is 10.5. The summed E-state index contributed by atoms with van der Waals surface area (Å²) in [5, 5.41) is 0.948. The molecule has 0 N–H and O–H groups in total. The predicted molar refractivity (Wildman–Crippen MR) is 87.3 cm³/mol. The van der Waals surface area contributed by atoms with Crippen LogP contribution in [0.2, 0.25) is 0 Å². The third-order valence-electron chi connectivity index (χ3n) is 3.41. The number of aryl methyl sites for hydroxylation is 1. The molecule has 0 amide bonds. The molecule has 0 aliphatic carbocycles. The van der Waals surface area contributed by atoms with E-state index < -0.39 is 5.79 Å². The summed E-state index contributed by atoms with van der Waals surface area (Å²) in [6.07, 6.45) is 2.87. The van der Waals surface area contributed by atoms with Crippen LogP contribution in [0.3, 0.4) is 0 Å². The minimum absolute atomic E-state index is 0.132. The number of aromatic nitrogens is 3. The number of rotatable bonds is 6. The number of hydrogen-bond acceptors (Lipinski definition) is 8. The molecule has 1 aliphatic heterocycles. The summed E-state index contributed by atoms with van der Waals surface area (Å²) in [5.74, 6) is 0.350. The molecule has 0 unspecified atom stereocenters. The van der Waals surface area contributed by atoms with Crippen molar-refractivity contribution in [3.05, 3.63) is 23.0 Å². The quantitative estimate of drug-likeness (QED) is 0.806. The monoisotopic (exact) mass is 340 g/mol. The van der Waals surface area contributed by atoms with Gasteiger partial charge in [-0.15, -0.1) is 0 Å². The highest BCUT2D eigenvalue weighted by atomic mass is 32.1. The smallest absolute Gasteiger partial charge is 0.205 e. The van der Waals surface area contributed by atoms with E-state index in [2.05, 4.69) is 18.6 Å². The van der Waals surface area contributed by atoms with Crippen LogP contribution < -0.4 is 4.90 Å². The van der Waals surface area contributed by atoms with Gasteiger partial charge in [0.1, 0.15) is 5.82 Å². The first-order valence-electron chi connectivity index (χ1n) is 7.28. The van der Waals surface area contributed by atoms with Crippen molar-refractivity contribution in [2.24, 2.45) is 0 Å². The van der Waals surface area contributed by atoms with E-state index in [1.165, 1.54) is 27.9 Å². The molecule has 8 heteroatoms. The maximum absolute atomic E-state index is 5.88. The third-order valence-corrected chi connectivity index (χ3v) is 5.01. The van der Waals surface area contributed by atoms with Gasteiger partial charge < -0.3 is 14.4 Å². The van der Waals surface area contributed by atoms with Crippen molar-refractivity contribution in [1.29, 1.82) is 0 Å². The van der Waals surface area contributed by atoms with E-state index in [0.29, 0.717) is 6.61 Å². The molecule has 0 radical (unpaired) electrons. The van der Waals surface area contributed by atoms with Gasteiger partial charge in [-0.1, -0.05) is 0 Å². The third kappa shape index (κ3) is 4.01. The Hall–Kier alpha value is -1.09. The van der Waals surface area contributed by atoms with Gasteiger partial charge in [0.2, 0.25) is 5.13 Å². The maximum Gasteiger partial charge on any atom is 0.205 e. The molecule has 1 aliphatic rings. The summed E-state index contributed by atoms with van der Waals surface area (Å²) in [6.45, 7) is 8.14. The number of nitrogens with zero attached hydrogens (tertiary/aromatic N) is 4. The van der Waals surface area contributed by atoms with E-state index in [-0.39, 0.29) is 6.10 Å². The second-order valence-electron chi connectivity index (χ2n) is 5.76. The first-order valence-corrected chi connectivity index (χ1v) is 8.83. The van der Waals surface area contributed by atoms with Crippen LogP contribution in [0.4, 0.5) is 5.13 Å². The molecule has 2 aromatic heterocycles. The zero-order chi connectivity index (χ0) is 15.6. The molecule has 6 nitrogen and oxygen atoms in total. The Labute approximate surface area is 138 Å². The zero-order valence-corrected chi connectivity index (χ0v) is 14.6. The topological polar surface area (TPSA) is 60.4 Å². The van der Waals surface area contributed by atoms with E-state index in [1.807, 2.05) is 33.0 Å². The molecule has 22 heavy (non-hydrogen) atoms. The summed E-state index contributed by atoms with van der Waals surface area (Å²) in [6, 6.07) is 2.05. The highest BCUT2D eigenvalue weighted by Gasteiger charge is 2.32. The molecule has 3 rings (SSSR count). The second kappa shape index (κ2) is 6.57. The lowest BCUT2D eigenvalue weighted by atomic mass is 10.2. The lowest BCUT2D eigenvalue weighted by molar-refractivity contribution is -0.138. The fraction of sp³-hybridized carbons (Fsp3) is 0.643. The maximum atomic E-state index is 5.88. The molecule has 120 valence electrons. The van der Waals surface area contributed by atoms with Gasteiger partial charge in [0.15, 0.2) is 5.79 Å². The van der Waals surface area contributed by atoms with Crippen molar-refractivity contribution < 1.29 is 9.47 Å². The van der Waals surface area contributed by atoms with E-state index >= 15 is 0 Å². The number of ether oxygens (including phenoxy) is 2. The van der Waals surface area contributed by atoms with E-state index in [0.717, 1.165) is 30.5 Å². The van der Waals surface area contributed by atoms with E-state index in [4.69, 9.17) is 9.47 Å². The van der Waals surface area contributed by atoms with Gasteiger partial charge in [0.05, 0.1) is 19.3 Å². The minimum Gasteiger partial charge on any atom is -0.348 e. The normalized spacial score (nSPS) is 20.4. The number of hydrogen-bond donors (Lipinski definition) is 0. The average Bonchev–Trinajstić information content (AvgIpc) is 3.17. The molecule has 0 spiro atoms. The second-order valence-corrected chi connectivity index (χ2v) is 7.41. The van der Waals surface area contributed by atoms with Crippen molar-refractivity contribution in [1.82, 2.24) is 13.7 Å². The summed E-state index contributed by atoms with van der Waals surface area (Å²) < 4.78 is 20.0. The summed E-state index contributed by atoms with van der Waals surface area (Å²) in [5.41, 5.74) is 0. The molecule has 0 saturated carbocycles. The van der Waals surface area contributed by atoms with Crippen molar-refractivity contribution in [2.75, 3.05) is 18.1 Å². The van der Waals surface area contributed by atoms with Crippen LogP contribution in [-0.4, -0.2) is 38.8 Å². The van der Waals surface area contributed by atoms with Crippen LogP contribution in [0, 0.1) is 6.92 Å². The molecule has 2 aromatic rings. The van der Waals surface area contributed by atoms with Gasteiger partial charge in [-0.3, -0.25) is 0 Å². The van der Waals surface area contributed by atoms with Crippen LogP contribution in [-0.2, 0) is 16.0 Å². The Balaban J connectivity index is 1.64. The molecule has 1 saturated heterocycles. The fourth-order valence-electron chi connectivity index (χ4n) is 2.37. The van der Waals surface area contributed by atoms with Gasteiger partial charge >= 0.3 is 0 Å². The number of anilines is 1. The Morgan fingerprint density at radius 3 is 2.86 bits per heavy atom. The average molecular weight is 340 g/mol. The van der Waals surface area contributed by atoms with E-state index in [9.17, 15) is 0 Å². The standard InChI is InChI=1S/C14H20N4O2S2/c1-10-16-13(22-17-10)18(8-12-4-6-15-21-12)7-5-11-9-19-14(2,3)20-11/h4,6,11H,5,7-9H2,1-3H3/t11-/m0/s1. The molecule has 0 aromatic carbocycles. The van der Waals surface area contributed by atoms with Gasteiger partial charge in [-0.25, -0.2) is 9.36 Å². The van der Waals surface area contributed by atoms with E-state index in [1.54, 1.807) is 0 Å². The van der Waals surface area contributed by atoms with Crippen molar-refractivity contribution in [3.8, 4) is 0 Å². The van der Waals surface area contributed by atoms with Crippen molar-refractivity contribution in [3.63, 3.8) is 0 Å². The van der Waals surface area contributed by atoms with Crippen LogP contribution in [0.5, 0.6) is 0 Å². The van der Waals surface area contributed by atoms with Gasteiger partial charge in [-0.2, -0.15) is 4.37 Å². The minimum atomic E-state index is -0.466. The molecule has 1 atom stereocenters. The summed E-state index contributed by atoms with van der Waals surface area (Å²) >= 11 is 2.96. The molecule has 0 bridgehead atoms. The molecule has 1 fully saturated rings. The van der Waals surface area contributed by atoms with Gasteiger partial charge in [0.25, 0.3) is 0 Å². The van der Waals surface area contributed by atoms with Crippen LogP contribution in [0.1, 0.15) is 31.0 Å². The summed E-state index contributed by atoms with van der Waals surface area (Å²) in [4.78, 5) is 7.97. The van der Waals surface area contributed by atoms with Crippen molar-refractivity contribution >= 4 is 28.2 Å². The lowest BCUT2D eigenvalue weighted by Gasteiger charge is -2.22.